The molecule has 0 amide bonds. The van der Waals surface area contributed by atoms with Crippen molar-refractivity contribution in [3.63, 3.8) is 0 Å². The fourth-order valence-corrected chi connectivity index (χ4v) is 3.99. The minimum absolute atomic E-state index is 0.115. The van der Waals surface area contributed by atoms with Gasteiger partial charge in [0.1, 0.15) is 17.3 Å². The largest absolute Gasteiger partial charge is 0.506 e. The van der Waals surface area contributed by atoms with E-state index in [9.17, 15) is 5.11 Å². The maximum absolute atomic E-state index is 9.86. The van der Waals surface area contributed by atoms with Gasteiger partial charge in [0.2, 0.25) is 17.8 Å². The van der Waals surface area contributed by atoms with E-state index in [1.54, 1.807) is 31.7 Å². The van der Waals surface area contributed by atoms with Crippen LogP contribution in [0.3, 0.4) is 0 Å². The van der Waals surface area contributed by atoms with Gasteiger partial charge < -0.3 is 24.9 Å². The van der Waals surface area contributed by atoms with Crippen molar-refractivity contribution >= 4 is 61.6 Å². The molecule has 0 radical (unpaired) electrons. The second-order valence-electron chi connectivity index (χ2n) is 6.80. The summed E-state index contributed by atoms with van der Waals surface area (Å²) in [6.07, 6.45) is 3.17. The van der Waals surface area contributed by atoms with Crippen LogP contribution in [0.25, 0.3) is 0 Å². The fourth-order valence-electron chi connectivity index (χ4n) is 2.77. The highest BCUT2D eigenvalue weighted by Gasteiger charge is 2.09. The van der Waals surface area contributed by atoms with Gasteiger partial charge in [-0.05, 0) is 86.0 Å². The lowest BCUT2D eigenvalue weighted by molar-refractivity contribution is 0.415. The van der Waals surface area contributed by atoms with Crippen molar-refractivity contribution in [1.29, 1.82) is 0 Å². The number of furan rings is 1. The van der Waals surface area contributed by atoms with Gasteiger partial charge >= 0.3 is 0 Å². The number of anilines is 4. The lowest BCUT2D eigenvalue weighted by atomic mass is 10.2. The normalized spacial score (nSPS) is 10.9. The van der Waals surface area contributed by atoms with Crippen molar-refractivity contribution in [3.05, 3.63) is 75.1 Å². The molecule has 4 N–H and O–H groups in total. The number of hydrogen-bond donors (Lipinski definition) is 4. The zero-order chi connectivity index (χ0) is 23.9. The number of hydrogen-bond acceptors (Lipinski definition) is 10. The highest BCUT2D eigenvalue weighted by atomic mass is 79.9. The smallest absolute Gasteiger partial charge is 0.250 e. The number of phenolic OH excluding ortho intramolecular Hbond substituents is 1. The number of halogens is 2. The number of aromatic hydroxyl groups is 1. The molecule has 0 aliphatic carbocycles. The van der Waals surface area contributed by atoms with Crippen LogP contribution in [0.15, 0.2) is 73.3 Å². The number of methoxy groups -OCH3 is 1. The SMILES string of the molecule is COc1ccc(Nc2nc(NCc3ccco3)nc(NN=Cc3cc(Br)c(O)c(Br)c3)n2)cc1. The van der Waals surface area contributed by atoms with Crippen LogP contribution >= 0.6 is 31.9 Å². The average Bonchev–Trinajstić information content (AvgIpc) is 3.35. The molecule has 0 spiro atoms. The van der Waals surface area contributed by atoms with Crippen LogP contribution in [-0.2, 0) is 6.54 Å². The molecule has 0 bridgehead atoms. The molecule has 2 heterocycles. The predicted molar refractivity (Wildman–Crippen MR) is 137 cm³/mol. The van der Waals surface area contributed by atoms with Crippen LogP contribution in [-0.4, -0.2) is 33.4 Å². The summed E-state index contributed by atoms with van der Waals surface area (Å²) < 4.78 is 11.6. The molecule has 174 valence electrons. The molecule has 34 heavy (non-hydrogen) atoms. The van der Waals surface area contributed by atoms with Gasteiger partial charge in [0.25, 0.3) is 0 Å². The summed E-state index contributed by atoms with van der Waals surface area (Å²) in [7, 11) is 1.61. The first-order chi connectivity index (χ1) is 16.5. The monoisotopic (exact) mass is 587 g/mol. The zero-order valence-electron chi connectivity index (χ0n) is 17.8. The molecular weight excluding hydrogens is 570 g/mol. The van der Waals surface area contributed by atoms with E-state index in [4.69, 9.17) is 9.15 Å². The van der Waals surface area contributed by atoms with Crippen molar-refractivity contribution in [1.82, 2.24) is 15.0 Å². The lowest BCUT2D eigenvalue weighted by Crippen LogP contribution is -2.09. The number of rotatable bonds is 9. The Morgan fingerprint density at radius 2 is 1.74 bits per heavy atom. The number of aromatic nitrogens is 3. The summed E-state index contributed by atoms with van der Waals surface area (Å²) in [6, 6.07) is 14.5. The maximum Gasteiger partial charge on any atom is 0.250 e. The molecule has 0 saturated heterocycles. The highest BCUT2D eigenvalue weighted by Crippen LogP contribution is 2.32. The van der Waals surface area contributed by atoms with Crippen molar-refractivity contribution in [3.8, 4) is 11.5 Å². The van der Waals surface area contributed by atoms with Crippen LogP contribution in [0, 0.1) is 0 Å². The summed E-state index contributed by atoms with van der Waals surface area (Å²) in [5.41, 5.74) is 4.33. The van der Waals surface area contributed by atoms with Gasteiger partial charge in [-0.25, -0.2) is 5.43 Å². The number of nitrogens with one attached hydrogen (secondary N) is 3. The van der Waals surface area contributed by atoms with E-state index in [0.717, 1.165) is 22.8 Å². The van der Waals surface area contributed by atoms with Gasteiger partial charge in [-0.15, -0.1) is 0 Å². The Morgan fingerprint density at radius 3 is 2.41 bits per heavy atom. The molecule has 2 aromatic carbocycles. The van der Waals surface area contributed by atoms with E-state index in [2.05, 4.69) is 68.0 Å². The molecule has 2 aromatic heterocycles. The van der Waals surface area contributed by atoms with E-state index >= 15 is 0 Å². The molecule has 4 aromatic rings. The zero-order valence-corrected chi connectivity index (χ0v) is 21.0. The maximum atomic E-state index is 9.86. The van der Waals surface area contributed by atoms with Crippen LogP contribution in [0.5, 0.6) is 11.5 Å². The van der Waals surface area contributed by atoms with Gasteiger partial charge in [0, 0.05) is 5.69 Å². The number of ether oxygens (including phenoxy) is 1. The summed E-state index contributed by atoms with van der Waals surface area (Å²) in [6.45, 7) is 0.400. The van der Waals surface area contributed by atoms with Gasteiger partial charge in [-0.2, -0.15) is 20.1 Å². The Morgan fingerprint density at radius 1 is 1.03 bits per heavy atom. The van der Waals surface area contributed by atoms with Crippen molar-refractivity contribution in [2.24, 2.45) is 5.10 Å². The third kappa shape index (κ3) is 6.23. The van der Waals surface area contributed by atoms with Gasteiger partial charge in [0.05, 0.1) is 35.1 Å². The number of phenols is 1. The molecule has 0 saturated carbocycles. The number of nitrogens with zero attached hydrogens (tertiary/aromatic N) is 4. The van der Waals surface area contributed by atoms with Crippen LogP contribution in [0.4, 0.5) is 23.5 Å². The second-order valence-corrected chi connectivity index (χ2v) is 8.50. The van der Waals surface area contributed by atoms with Gasteiger partial charge in [-0.1, -0.05) is 0 Å². The Labute approximate surface area is 211 Å². The third-order valence-electron chi connectivity index (χ3n) is 4.40. The average molecular weight is 589 g/mol. The molecule has 0 fully saturated rings. The summed E-state index contributed by atoms with van der Waals surface area (Å²) in [5.74, 6) is 2.46. The lowest BCUT2D eigenvalue weighted by Gasteiger charge is -2.10. The Bertz CT molecular complexity index is 1260. The van der Waals surface area contributed by atoms with Crippen molar-refractivity contribution in [2.45, 2.75) is 6.54 Å². The molecule has 0 aliphatic rings. The molecule has 0 atom stereocenters. The molecule has 12 heteroatoms. The van der Waals surface area contributed by atoms with Gasteiger partial charge in [0.15, 0.2) is 0 Å². The van der Waals surface area contributed by atoms with E-state index in [-0.39, 0.29) is 11.7 Å². The van der Waals surface area contributed by atoms with Crippen LogP contribution in [0.1, 0.15) is 11.3 Å². The van der Waals surface area contributed by atoms with E-state index in [1.807, 2.05) is 36.4 Å². The standard InChI is InChI=1S/C22H19Br2N7O3/c1-33-15-6-4-14(5-7-15)27-21-28-20(25-12-16-3-2-8-34-16)29-22(30-21)31-26-11-13-9-17(23)19(32)18(24)10-13/h2-11,32H,12H2,1H3,(H3,25,27,28,29,30,31). The number of hydrazone groups is 1. The highest BCUT2D eigenvalue weighted by molar-refractivity contribution is 9.11. The first-order valence-corrected chi connectivity index (χ1v) is 11.5. The first kappa shape index (κ1) is 23.5. The van der Waals surface area contributed by atoms with Crippen molar-refractivity contribution in [2.75, 3.05) is 23.2 Å². The predicted octanol–water partition coefficient (Wildman–Crippen LogP) is 5.51. The Hall–Kier alpha value is -3.64. The molecule has 10 nitrogen and oxygen atoms in total. The quantitative estimate of drug-likeness (QED) is 0.148. The second kappa shape index (κ2) is 11.0. The van der Waals surface area contributed by atoms with Crippen LogP contribution < -0.4 is 20.8 Å². The molecular formula is C22H19Br2N7O3. The summed E-state index contributed by atoms with van der Waals surface area (Å²) in [4.78, 5) is 13.2. The Balaban J connectivity index is 1.54. The first-order valence-electron chi connectivity index (χ1n) is 9.90. The number of benzene rings is 2. The summed E-state index contributed by atoms with van der Waals surface area (Å²) in [5, 5.41) is 20.3. The van der Waals surface area contributed by atoms with Crippen LogP contribution in [0.2, 0.25) is 0 Å². The topological polar surface area (TPSA) is 130 Å². The molecule has 0 unspecified atom stereocenters. The fraction of sp³-hybridized carbons (Fsp3) is 0.0909. The molecule has 4 rings (SSSR count). The van der Waals surface area contributed by atoms with E-state index in [1.165, 1.54) is 0 Å². The third-order valence-corrected chi connectivity index (χ3v) is 5.61. The van der Waals surface area contributed by atoms with Gasteiger partial charge in [-0.3, -0.25) is 0 Å². The van der Waals surface area contributed by atoms with E-state index < -0.39 is 0 Å². The Kier molecular flexibility index (Phi) is 7.60. The van der Waals surface area contributed by atoms with E-state index in [0.29, 0.717) is 27.4 Å². The summed E-state index contributed by atoms with van der Waals surface area (Å²) >= 11 is 6.60. The minimum Gasteiger partial charge on any atom is -0.506 e. The minimum atomic E-state index is 0.115. The molecule has 0 aliphatic heterocycles. The van der Waals surface area contributed by atoms with Crippen molar-refractivity contribution < 1.29 is 14.3 Å².